The van der Waals surface area contributed by atoms with Gasteiger partial charge in [0.1, 0.15) is 0 Å². The molecule has 7 aromatic carbocycles. The van der Waals surface area contributed by atoms with E-state index in [-0.39, 0.29) is 5.41 Å². The lowest BCUT2D eigenvalue weighted by atomic mass is 9.47. The Labute approximate surface area is 337 Å². The quantitative estimate of drug-likeness (QED) is 0.0624. The average Bonchev–Trinajstić information content (AvgIpc) is 3.43. The fraction of sp³-hybridized carbons (Fsp3) is 0.160. The van der Waals surface area contributed by atoms with Crippen molar-refractivity contribution in [2.45, 2.75) is 52.3 Å². The van der Waals surface area contributed by atoms with Crippen LogP contribution in [-0.4, -0.2) is 7.28 Å². The summed E-state index contributed by atoms with van der Waals surface area (Å²) in [5, 5.41) is -1.54. The Morgan fingerprint density at radius 3 is 1.38 bits per heavy atom. The number of hydrogen-bond donors (Lipinski definition) is 0. The van der Waals surface area contributed by atoms with Crippen molar-refractivity contribution in [2.75, 3.05) is 9.80 Å². The van der Waals surface area contributed by atoms with Crippen LogP contribution < -0.4 is 15.3 Å². The minimum absolute atomic E-state index is 0.254. The van der Waals surface area contributed by atoms with E-state index in [1.54, 1.807) is 7.28 Å². The first-order valence-corrected chi connectivity index (χ1v) is 19.2. The first kappa shape index (κ1) is 38.7. The van der Waals surface area contributed by atoms with Crippen LogP contribution >= 0.6 is 0 Å². The molecule has 1 aliphatic carbocycles. The predicted molar refractivity (Wildman–Crippen MR) is 227 cm³/mol. The van der Waals surface area contributed by atoms with Gasteiger partial charge in [0.05, 0.1) is 0 Å². The standard InChI is InChI=1S/C50H41BF5N2/c1-30-14-13-19-34(26-30)57(32-15-9-7-10-16-32)36-20-23-40-38(28-36)39-29-37(21-24-41(39)49(40,3)4)58(33-17-11-8-12-18-33)35-22-25-42(31(2)27-35)51-50(5,6)43-44(52)46(54)48(56)47(55)45(43)53/h7-29H,1-6H3. The van der Waals surface area contributed by atoms with Gasteiger partial charge in [0.15, 0.2) is 30.5 Å². The molecule has 8 rings (SSSR count). The first-order chi connectivity index (χ1) is 27.7. The Bertz CT molecular complexity index is 2670. The van der Waals surface area contributed by atoms with Crippen molar-refractivity contribution >= 4 is 46.9 Å². The summed E-state index contributed by atoms with van der Waals surface area (Å²) < 4.78 is 72.3. The van der Waals surface area contributed by atoms with E-state index in [4.69, 9.17) is 0 Å². The number of anilines is 6. The third kappa shape index (κ3) is 6.64. The number of halogens is 5. The zero-order valence-corrected chi connectivity index (χ0v) is 33.1. The molecule has 0 heterocycles. The summed E-state index contributed by atoms with van der Waals surface area (Å²) in [7, 11) is 1.54. The van der Waals surface area contributed by atoms with Gasteiger partial charge in [-0.25, -0.2) is 22.0 Å². The van der Waals surface area contributed by atoms with Crippen molar-refractivity contribution in [2.24, 2.45) is 0 Å². The van der Waals surface area contributed by atoms with Gasteiger partial charge < -0.3 is 9.80 Å². The number of benzene rings is 7. The van der Waals surface area contributed by atoms with Gasteiger partial charge in [0, 0.05) is 45.1 Å². The Balaban J connectivity index is 1.21. The van der Waals surface area contributed by atoms with Crippen LogP contribution in [0.15, 0.2) is 140 Å². The largest absolute Gasteiger partial charge is 0.310 e. The lowest BCUT2D eigenvalue weighted by molar-refractivity contribution is 0.363. The highest BCUT2D eigenvalue weighted by Crippen LogP contribution is 2.52. The van der Waals surface area contributed by atoms with E-state index in [0.29, 0.717) is 5.46 Å². The molecule has 0 saturated carbocycles. The van der Waals surface area contributed by atoms with Crippen LogP contribution in [-0.2, 0) is 10.7 Å². The van der Waals surface area contributed by atoms with E-state index in [2.05, 4.69) is 116 Å². The highest BCUT2D eigenvalue weighted by Gasteiger charge is 2.38. The van der Waals surface area contributed by atoms with Crippen LogP contribution in [0.1, 0.15) is 55.5 Å². The molecular formula is C50H41BF5N2. The SMILES string of the molecule is Cc1cccc(N(c2ccccc2)c2ccc3c(c2)-c2cc(N(c4ccccc4)c4ccc([B]C(C)(C)c5c(F)c(F)c(F)c(F)c5F)c(C)c4)ccc2C3(C)C)c1. The van der Waals surface area contributed by atoms with Crippen LogP contribution in [0.5, 0.6) is 0 Å². The average molecular weight is 776 g/mol. The fourth-order valence-electron chi connectivity index (χ4n) is 8.43. The summed E-state index contributed by atoms with van der Waals surface area (Å²) in [5.74, 6) is -9.77. The number of para-hydroxylation sites is 2. The van der Waals surface area contributed by atoms with Crippen molar-refractivity contribution in [3.05, 3.63) is 196 Å². The molecule has 0 saturated heterocycles. The van der Waals surface area contributed by atoms with Crippen LogP contribution in [0.3, 0.4) is 0 Å². The third-order valence-electron chi connectivity index (χ3n) is 11.3. The van der Waals surface area contributed by atoms with E-state index in [9.17, 15) is 22.0 Å². The molecule has 58 heavy (non-hydrogen) atoms. The summed E-state index contributed by atoms with van der Waals surface area (Å²) in [6, 6.07) is 47.8. The van der Waals surface area contributed by atoms with Crippen LogP contribution in [0, 0.1) is 42.9 Å². The van der Waals surface area contributed by atoms with E-state index in [1.165, 1.54) is 30.5 Å². The van der Waals surface area contributed by atoms with Crippen molar-refractivity contribution in [3.8, 4) is 11.1 Å². The second-order valence-electron chi connectivity index (χ2n) is 16.1. The number of nitrogens with zero attached hydrogens (tertiary/aromatic N) is 2. The lowest BCUT2D eigenvalue weighted by Crippen LogP contribution is -2.38. The topological polar surface area (TPSA) is 6.48 Å². The van der Waals surface area contributed by atoms with Crippen LogP contribution in [0.25, 0.3) is 11.1 Å². The normalized spacial score (nSPS) is 12.9. The van der Waals surface area contributed by atoms with E-state index in [0.717, 1.165) is 50.8 Å². The third-order valence-corrected chi connectivity index (χ3v) is 11.3. The number of fused-ring (bicyclic) bond motifs is 3. The molecule has 0 aromatic heterocycles. The second-order valence-corrected chi connectivity index (χ2v) is 16.1. The van der Waals surface area contributed by atoms with Gasteiger partial charge in [-0.15, -0.1) is 0 Å². The molecule has 1 radical (unpaired) electrons. The smallest absolute Gasteiger partial charge is 0.200 e. The summed E-state index contributed by atoms with van der Waals surface area (Å²) in [5.41, 5.74) is 12.0. The summed E-state index contributed by atoms with van der Waals surface area (Å²) >= 11 is 0. The molecule has 2 nitrogen and oxygen atoms in total. The maximum absolute atomic E-state index is 15.0. The van der Waals surface area contributed by atoms with E-state index >= 15 is 0 Å². The minimum Gasteiger partial charge on any atom is -0.310 e. The summed E-state index contributed by atoms with van der Waals surface area (Å²) in [6.07, 6.45) is 0. The maximum Gasteiger partial charge on any atom is 0.200 e. The second kappa shape index (κ2) is 14.7. The monoisotopic (exact) mass is 775 g/mol. The van der Waals surface area contributed by atoms with Gasteiger partial charge in [0.25, 0.3) is 0 Å². The maximum atomic E-state index is 15.0. The minimum atomic E-state index is -2.17. The highest BCUT2D eigenvalue weighted by atomic mass is 19.2. The molecular weight excluding hydrogens is 734 g/mol. The van der Waals surface area contributed by atoms with Crippen molar-refractivity contribution in [3.63, 3.8) is 0 Å². The predicted octanol–water partition coefficient (Wildman–Crippen LogP) is 13.5. The Morgan fingerprint density at radius 2 is 0.897 bits per heavy atom. The zero-order chi connectivity index (χ0) is 41.1. The zero-order valence-electron chi connectivity index (χ0n) is 33.1. The van der Waals surface area contributed by atoms with Gasteiger partial charge in [-0.3, -0.25) is 0 Å². The Morgan fingerprint density at radius 1 is 0.466 bits per heavy atom. The molecule has 0 unspecified atom stereocenters. The van der Waals surface area contributed by atoms with Crippen LogP contribution in [0.4, 0.5) is 56.1 Å². The van der Waals surface area contributed by atoms with Crippen molar-refractivity contribution in [1.29, 1.82) is 0 Å². The number of aryl methyl sites for hydroxylation is 2. The van der Waals surface area contributed by atoms with Gasteiger partial charge in [-0.2, -0.15) is 0 Å². The molecule has 0 aliphatic heterocycles. The highest BCUT2D eigenvalue weighted by molar-refractivity contribution is 6.57. The lowest BCUT2D eigenvalue weighted by Gasteiger charge is -2.29. The molecule has 0 bridgehead atoms. The van der Waals surface area contributed by atoms with Crippen molar-refractivity contribution in [1.82, 2.24) is 0 Å². The van der Waals surface area contributed by atoms with Crippen LogP contribution in [0.2, 0.25) is 0 Å². The fourth-order valence-corrected chi connectivity index (χ4v) is 8.43. The molecule has 7 aromatic rings. The first-order valence-electron chi connectivity index (χ1n) is 19.2. The van der Waals surface area contributed by atoms with Crippen molar-refractivity contribution < 1.29 is 22.0 Å². The van der Waals surface area contributed by atoms with Gasteiger partial charge in [0.2, 0.25) is 5.82 Å². The molecule has 0 fully saturated rings. The molecule has 1 aliphatic rings. The Kier molecular flexibility index (Phi) is 9.79. The molecule has 0 N–H and O–H groups in total. The Hall–Kier alpha value is -6.15. The summed E-state index contributed by atoms with van der Waals surface area (Å²) in [4.78, 5) is 4.44. The number of hydrogen-bond acceptors (Lipinski definition) is 2. The van der Waals surface area contributed by atoms with E-state index < -0.39 is 40.0 Å². The van der Waals surface area contributed by atoms with Gasteiger partial charge in [-0.1, -0.05) is 105 Å². The molecule has 0 amide bonds. The molecule has 8 heteroatoms. The number of rotatable bonds is 9. The van der Waals surface area contributed by atoms with E-state index in [1.807, 2.05) is 61.5 Å². The van der Waals surface area contributed by atoms with Gasteiger partial charge >= 0.3 is 0 Å². The summed E-state index contributed by atoms with van der Waals surface area (Å²) in [6.45, 7) is 11.3. The molecule has 0 atom stereocenters. The molecule has 0 spiro atoms. The molecule has 289 valence electrons. The van der Waals surface area contributed by atoms with Gasteiger partial charge in [-0.05, 0) is 120 Å².